The van der Waals surface area contributed by atoms with E-state index in [1.807, 2.05) is 32.9 Å². The van der Waals surface area contributed by atoms with Crippen LogP contribution < -0.4 is 10.2 Å². The molecular weight excluding hydrogens is 478 g/mol. The zero-order valence-electron chi connectivity index (χ0n) is 21.4. The monoisotopic (exact) mass is 507 g/mol. The minimum absolute atomic E-state index is 0.361. The molecule has 1 aromatic carbocycles. The predicted molar refractivity (Wildman–Crippen MR) is 142 cm³/mol. The Labute approximate surface area is 214 Å². The molecular formula is C26H29N5O4S. The average Bonchev–Trinajstić information content (AvgIpc) is 3.16. The maximum atomic E-state index is 12.1. The molecule has 2 aromatic heterocycles. The zero-order chi connectivity index (χ0) is 26.5. The predicted octanol–water partition coefficient (Wildman–Crippen LogP) is 5.87. The molecule has 10 heteroatoms. The Hall–Kier alpha value is -3.97. The van der Waals surface area contributed by atoms with Gasteiger partial charge in [0.2, 0.25) is 0 Å². The van der Waals surface area contributed by atoms with Crippen molar-refractivity contribution in [2.24, 2.45) is 0 Å². The standard InChI is InChI=1S/C26H29N5O4S/c1-25(2,3)34-23(32)29-17-12-13-19-20(14-17)36-22(30-19)11-9-8-10-18-15-28-21(16-27-18)31(7)24(33)35-26(4,5)6/h9,11-16H,1-7H3,(H,29,32)/b11-9+. The molecule has 0 atom stereocenters. The Bertz CT molecular complexity index is 1340. The molecule has 0 bridgehead atoms. The third-order valence-electron chi connectivity index (χ3n) is 4.21. The number of thiazole rings is 1. The van der Waals surface area contributed by atoms with Crippen molar-refractivity contribution in [3.63, 3.8) is 0 Å². The summed E-state index contributed by atoms with van der Waals surface area (Å²) in [5, 5.41) is 3.51. The molecule has 0 spiro atoms. The van der Waals surface area contributed by atoms with E-state index in [0.717, 1.165) is 15.2 Å². The van der Waals surface area contributed by atoms with Gasteiger partial charge in [0.25, 0.3) is 0 Å². The second kappa shape index (κ2) is 10.7. The Balaban J connectivity index is 1.62. The van der Waals surface area contributed by atoms with E-state index in [1.165, 1.54) is 28.6 Å². The Morgan fingerprint density at radius 3 is 2.42 bits per heavy atom. The summed E-state index contributed by atoms with van der Waals surface area (Å²) < 4.78 is 11.5. The summed E-state index contributed by atoms with van der Waals surface area (Å²) in [5.74, 6) is 6.17. The van der Waals surface area contributed by atoms with Gasteiger partial charge >= 0.3 is 12.2 Å². The van der Waals surface area contributed by atoms with Crippen molar-refractivity contribution in [1.82, 2.24) is 15.0 Å². The van der Waals surface area contributed by atoms with Gasteiger partial charge in [-0.15, -0.1) is 11.3 Å². The summed E-state index contributed by atoms with van der Waals surface area (Å²) in [6.45, 7) is 10.8. The van der Waals surface area contributed by atoms with E-state index in [0.29, 0.717) is 17.2 Å². The quantitative estimate of drug-likeness (QED) is 0.442. The van der Waals surface area contributed by atoms with Crippen molar-refractivity contribution in [3.05, 3.63) is 47.4 Å². The number of rotatable bonds is 3. The minimum Gasteiger partial charge on any atom is -0.444 e. The molecule has 0 saturated heterocycles. The maximum Gasteiger partial charge on any atom is 0.415 e. The van der Waals surface area contributed by atoms with Crippen molar-refractivity contribution in [1.29, 1.82) is 0 Å². The van der Waals surface area contributed by atoms with Crippen LogP contribution in [0.3, 0.4) is 0 Å². The fraction of sp³-hybridized carbons (Fsp3) is 0.346. The minimum atomic E-state index is -0.598. The van der Waals surface area contributed by atoms with E-state index in [-0.39, 0.29) is 0 Å². The summed E-state index contributed by atoms with van der Waals surface area (Å²) in [5.41, 5.74) is 0.747. The van der Waals surface area contributed by atoms with E-state index in [9.17, 15) is 9.59 Å². The first-order valence-corrected chi connectivity index (χ1v) is 12.0. The summed E-state index contributed by atoms with van der Waals surface area (Å²) in [6, 6.07) is 5.47. The highest BCUT2D eigenvalue weighted by Gasteiger charge is 2.21. The van der Waals surface area contributed by atoms with Crippen LogP contribution in [0.25, 0.3) is 16.3 Å². The first-order valence-electron chi connectivity index (χ1n) is 11.2. The number of nitrogens with zero attached hydrogens (tertiary/aromatic N) is 4. The van der Waals surface area contributed by atoms with Gasteiger partial charge in [-0.2, -0.15) is 0 Å². The molecule has 2 amide bonds. The van der Waals surface area contributed by atoms with Gasteiger partial charge in [0.15, 0.2) is 5.82 Å². The second-order valence-electron chi connectivity index (χ2n) is 9.76. The van der Waals surface area contributed by atoms with E-state index < -0.39 is 23.4 Å². The van der Waals surface area contributed by atoms with Crippen LogP contribution in [0.2, 0.25) is 0 Å². The van der Waals surface area contributed by atoms with Crippen molar-refractivity contribution < 1.29 is 19.1 Å². The van der Waals surface area contributed by atoms with E-state index in [2.05, 4.69) is 32.1 Å². The topological polar surface area (TPSA) is 107 Å². The summed E-state index contributed by atoms with van der Waals surface area (Å²) in [4.78, 5) is 38.4. The van der Waals surface area contributed by atoms with Crippen LogP contribution in [0, 0.1) is 11.8 Å². The van der Waals surface area contributed by atoms with Crippen molar-refractivity contribution in [2.45, 2.75) is 52.7 Å². The highest BCUT2D eigenvalue weighted by atomic mass is 32.1. The number of anilines is 2. The molecule has 9 nitrogen and oxygen atoms in total. The molecule has 0 saturated carbocycles. The normalized spacial score (nSPS) is 11.6. The van der Waals surface area contributed by atoms with Crippen molar-refractivity contribution in [3.8, 4) is 11.8 Å². The number of aromatic nitrogens is 3. The van der Waals surface area contributed by atoms with Gasteiger partial charge in [0.05, 0.1) is 22.6 Å². The molecule has 0 fully saturated rings. The number of hydrogen-bond donors (Lipinski definition) is 1. The van der Waals surface area contributed by atoms with E-state index in [4.69, 9.17) is 9.47 Å². The van der Waals surface area contributed by atoms with Crippen molar-refractivity contribution in [2.75, 3.05) is 17.3 Å². The number of hydrogen-bond acceptors (Lipinski definition) is 8. The number of carbonyl (C=O) groups excluding carboxylic acids is 2. The number of nitrogens with one attached hydrogen (secondary N) is 1. The number of fused-ring (bicyclic) bond motifs is 1. The molecule has 0 aliphatic rings. The highest BCUT2D eigenvalue weighted by Crippen LogP contribution is 2.26. The first-order chi connectivity index (χ1) is 16.8. The maximum absolute atomic E-state index is 12.1. The van der Waals surface area contributed by atoms with Crippen LogP contribution in [-0.4, -0.2) is 45.4 Å². The Kier molecular flexibility index (Phi) is 7.95. The first kappa shape index (κ1) is 26.6. The largest absolute Gasteiger partial charge is 0.444 e. The van der Waals surface area contributed by atoms with Crippen LogP contribution >= 0.6 is 11.3 Å². The lowest BCUT2D eigenvalue weighted by atomic mass is 10.2. The third kappa shape index (κ3) is 8.06. The molecule has 188 valence electrons. The van der Waals surface area contributed by atoms with Crippen molar-refractivity contribution >= 4 is 51.3 Å². The molecule has 0 aliphatic carbocycles. The van der Waals surface area contributed by atoms with Gasteiger partial charge in [0, 0.05) is 12.7 Å². The number of allylic oxidation sites excluding steroid dienone is 1. The smallest absolute Gasteiger partial charge is 0.415 e. The van der Waals surface area contributed by atoms with Crippen LogP contribution in [0.4, 0.5) is 21.1 Å². The van der Waals surface area contributed by atoms with Gasteiger partial charge in [-0.25, -0.2) is 24.5 Å². The average molecular weight is 508 g/mol. The Morgan fingerprint density at radius 2 is 1.78 bits per heavy atom. The lowest BCUT2D eigenvalue weighted by molar-refractivity contribution is 0.0585. The Morgan fingerprint density at radius 1 is 1.06 bits per heavy atom. The molecule has 0 aliphatic heterocycles. The molecule has 0 unspecified atom stereocenters. The van der Waals surface area contributed by atoms with E-state index >= 15 is 0 Å². The highest BCUT2D eigenvalue weighted by molar-refractivity contribution is 7.19. The summed E-state index contributed by atoms with van der Waals surface area (Å²) >= 11 is 1.47. The summed E-state index contributed by atoms with van der Waals surface area (Å²) in [7, 11) is 1.57. The molecule has 3 rings (SSSR count). The van der Waals surface area contributed by atoms with Gasteiger partial charge in [0.1, 0.15) is 21.9 Å². The SMILES string of the molecule is CN(C(=O)OC(C)(C)C)c1cnc(C#C/C=C/c2nc3ccc(NC(=O)OC(C)(C)C)cc3s2)cn1. The number of benzene rings is 1. The summed E-state index contributed by atoms with van der Waals surface area (Å²) in [6.07, 6.45) is 5.43. The number of amides is 2. The lowest BCUT2D eigenvalue weighted by Crippen LogP contribution is -2.34. The second-order valence-corrected chi connectivity index (χ2v) is 10.8. The van der Waals surface area contributed by atoms with Gasteiger partial charge in [-0.3, -0.25) is 10.2 Å². The zero-order valence-corrected chi connectivity index (χ0v) is 22.2. The fourth-order valence-electron chi connectivity index (χ4n) is 2.72. The molecule has 1 N–H and O–H groups in total. The number of carbonyl (C=O) groups is 2. The van der Waals surface area contributed by atoms with Crippen LogP contribution in [0.5, 0.6) is 0 Å². The molecule has 36 heavy (non-hydrogen) atoms. The van der Waals surface area contributed by atoms with Crippen LogP contribution in [0.15, 0.2) is 36.7 Å². The fourth-order valence-corrected chi connectivity index (χ4v) is 3.63. The number of ether oxygens (including phenoxy) is 2. The van der Waals surface area contributed by atoms with Gasteiger partial charge in [-0.1, -0.05) is 5.92 Å². The van der Waals surface area contributed by atoms with E-state index in [1.54, 1.807) is 46.0 Å². The van der Waals surface area contributed by atoms with Gasteiger partial charge < -0.3 is 9.47 Å². The molecule has 3 aromatic rings. The van der Waals surface area contributed by atoms with Crippen LogP contribution in [0.1, 0.15) is 52.2 Å². The van der Waals surface area contributed by atoms with Crippen LogP contribution in [-0.2, 0) is 9.47 Å². The van der Waals surface area contributed by atoms with Gasteiger partial charge in [-0.05, 0) is 77.8 Å². The lowest BCUT2D eigenvalue weighted by Gasteiger charge is -2.23. The third-order valence-corrected chi connectivity index (χ3v) is 5.19. The molecule has 0 radical (unpaired) electrons. The molecule has 2 heterocycles.